The fraction of sp³-hybridized carbons (Fsp3) is 0.214. The van der Waals surface area contributed by atoms with Crippen LogP contribution in [0.1, 0.15) is 24.4 Å². The minimum Gasteiger partial charge on any atom is -0.478 e. The molecule has 1 fully saturated rings. The van der Waals surface area contributed by atoms with E-state index in [1.54, 1.807) is 18.5 Å². The first kappa shape index (κ1) is 14.3. The zero-order chi connectivity index (χ0) is 13.2. The largest absolute Gasteiger partial charge is 0.478 e. The standard InChI is InChI=1S/C14H13N3O2.ClH/c18-14(19)4-1-10-7-15-6-5-13(10)11-8-16-17(9-11)12-2-3-12;/h1,4-9,12H,2-3H2,(H,18,19);1H. The highest BCUT2D eigenvalue weighted by molar-refractivity contribution is 5.87. The number of nitrogens with zero attached hydrogens (tertiary/aromatic N) is 3. The Labute approximate surface area is 122 Å². The number of aromatic nitrogens is 3. The van der Waals surface area contributed by atoms with Crippen molar-refractivity contribution in [2.75, 3.05) is 0 Å². The molecule has 0 amide bonds. The molecule has 1 aliphatic carbocycles. The molecule has 0 atom stereocenters. The molecule has 0 bridgehead atoms. The number of hydrogen-bond acceptors (Lipinski definition) is 3. The van der Waals surface area contributed by atoms with Crippen molar-refractivity contribution in [3.8, 4) is 11.1 Å². The van der Waals surface area contributed by atoms with Gasteiger partial charge in [0.2, 0.25) is 0 Å². The molecule has 2 aromatic rings. The van der Waals surface area contributed by atoms with Crippen LogP contribution in [0.5, 0.6) is 0 Å². The van der Waals surface area contributed by atoms with Crippen LogP contribution in [0.3, 0.4) is 0 Å². The summed E-state index contributed by atoms with van der Waals surface area (Å²) in [5, 5.41) is 13.0. The number of pyridine rings is 1. The Balaban J connectivity index is 0.00000147. The Morgan fingerprint density at radius 2 is 2.20 bits per heavy atom. The molecule has 1 N–H and O–H groups in total. The molecule has 1 saturated carbocycles. The fourth-order valence-electron chi connectivity index (χ4n) is 1.98. The molecule has 2 aromatic heterocycles. The van der Waals surface area contributed by atoms with Gasteiger partial charge in [0, 0.05) is 35.8 Å². The van der Waals surface area contributed by atoms with Gasteiger partial charge < -0.3 is 5.11 Å². The van der Waals surface area contributed by atoms with Crippen LogP contribution in [0.4, 0.5) is 0 Å². The quantitative estimate of drug-likeness (QED) is 0.880. The van der Waals surface area contributed by atoms with E-state index < -0.39 is 5.97 Å². The number of aliphatic carboxylic acids is 1. The molecular formula is C14H14ClN3O2. The van der Waals surface area contributed by atoms with E-state index in [0.29, 0.717) is 6.04 Å². The van der Waals surface area contributed by atoms with Crippen molar-refractivity contribution in [2.24, 2.45) is 0 Å². The number of hydrogen-bond donors (Lipinski definition) is 1. The minimum absolute atomic E-state index is 0. The van der Waals surface area contributed by atoms with Gasteiger partial charge in [-0.3, -0.25) is 9.67 Å². The van der Waals surface area contributed by atoms with Crippen molar-refractivity contribution in [3.05, 3.63) is 42.5 Å². The van der Waals surface area contributed by atoms with Crippen molar-refractivity contribution in [1.82, 2.24) is 14.8 Å². The smallest absolute Gasteiger partial charge is 0.328 e. The van der Waals surface area contributed by atoms with Crippen molar-refractivity contribution in [2.45, 2.75) is 18.9 Å². The summed E-state index contributed by atoms with van der Waals surface area (Å²) in [4.78, 5) is 14.6. The summed E-state index contributed by atoms with van der Waals surface area (Å²) in [6.07, 6.45) is 12.2. The fourth-order valence-corrected chi connectivity index (χ4v) is 1.98. The number of rotatable bonds is 4. The molecule has 0 saturated heterocycles. The average Bonchev–Trinajstić information content (AvgIpc) is 3.15. The van der Waals surface area contributed by atoms with E-state index in [-0.39, 0.29) is 12.4 Å². The lowest BCUT2D eigenvalue weighted by molar-refractivity contribution is -0.131. The van der Waals surface area contributed by atoms with Crippen LogP contribution < -0.4 is 0 Å². The summed E-state index contributed by atoms with van der Waals surface area (Å²) < 4.78 is 1.97. The van der Waals surface area contributed by atoms with E-state index in [0.717, 1.165) is 22.8 Å². The van der Waals surface area contributed by atoms with Gasteiger partial charge in [-0.25, -0.2) is 4.79 Å². The predicted molar refractivity (Wildman–Crippen MR) is 77.6 cm³/mol. The molecule has 0 radical (unpaired) electrons. The van der Waals surface area contributed by atoms with E-state index >= 15 is 0 Å². The lowest BCUT2D eigenvalue weighted by Gasteiger charge is -2.02. The van der Waals surface area contributed by atoms with Crippen LogP contribution in [-0.2, 0) is 4.79 Å². The van der Waals surface area contributed by atoms with Crippen LogP contribution in [0.2, 0.25) is 0 Å². The van der Waals surface area contributed by atoms with E-state index in [9.17, 15) is 4.79 Å². The zero-order valence-corrected chi connectivity index (χ0v) is 11.5. The lowest BCUT2D eigenvalue weighted by atomic mass is 10.1. The van der Waals surface area contributed by atoms with Crippen molar-refractivity contribution in [1.29, 1.82) is 0 Å². The minimum atomic E-state index is -0.969. The summed E-state index contributed by atoms with van der Waals surface area (Å²) in [6.45, 7) is 0. The highest BCUT2D eigenvalue weighted by Gasteiger charge is 2.24. The first-order valence-corrected chi connectivity index (χ1v) is 6.13. The topological polar surface area (TPSA) is 68.0 Å². The van der Waals surface area contributed by atoms with Crippen molar-refractivity contribution < 1.29 is 9.90 Å². The van der Waals surface area contributed by atoms with Gasteiger partial charge in [0.15, 0.2) is 0 Å². The molecule has 104 valence electrons. The van der Waals surface area contributed by atoms with E-state index in [2.05, 4.69) is 10.1 Å². The Morgan fingerprint density at radius 1 is 1.40 bits per heavy atom. The maximum absolute atomic E-state index is 10.6. The van der Waals surface area contributed by atoms with E-state index in [1.807, 2.05) is 23.1 Å². The normalized spacial score (nSPS) is 14.2. The molecule has 20 heavy (non-hydrogen) atoms. The summed E-state index contributed by atoms with van der Waals surface area (Å²) >= 11 is 0. The Morgan fingerprint density at radius 3 is 2.90 bits per heavy atom. The van der Waals surface area contributed by atoms with Crippen molar-refractivity contribution >= 4 is 24.5 Å². The number of halogens is 1. The van der Waals surface area contributed by atoms with Gasteiger partial charge >= 0.3 is 5.97 Å². The van der Waals surface area contributed by atoms with Crippen LogP contribution in [-0.4, -0.2) is 25.8 Å². The van der Waals surface area contributed by atoms with Crippen LogP contribution in [0.15, 0.2) is 36.9 Å². The summed E-state index contributed by atoms with van der Waals surface area (Å²) in [5.41, 5.74) is 2.71. The second-order valence-electron chi connectivity index (χ2n) is 4.57. The number of carbonyl (C=O) groups is 1. The molecule has 0 aliphatic heterocycles. The highest BCUT2D eigenvalue weighted by atomic mass is 35.5. The molecule has 2 heterocycles. The van der Waals surface area contributed by atoms with Gasteiger partial charge in [0.1, 0.15) is 0 Å². The first-order valence-electron chi connectivity index (χ1n) is 6.13. The molecule has 5 nitrogen and oxygen atoms in total. The van der Waals surface area contributed by atoms with E-state index in [1.165, 1.54) is 12.8 Å². The summed E-state index contributed by atoms with van der Waals surface area (Å²) in [7, 11) is 0. The van der Waals surface area contributed by atoms with Crippen LogP contribution >= 0.6 is 12.4 Å². The zero-order valence-electron chi connectivity index (χ0n) is 10.6. The second-order valence-corrected chi connectivity index (χ2v) is 4.57. The molecular weight excluding hydrogens is 278 g/mol. The number of carboxylic acid groups (broad SMARTS) is 1. The summed E-state index contributed by atoms with van der Waals surface area (Å²) in [5.74, 6) is -0.969. The molecule has 1 aliphatic rings. The second kappa shape index (κ2) is 5.88. The summed E-state index contributed by atoms with van der Waals surface area (Å²) in [6, 6.07) is 2.41. The molecule has 3 rings (SSSR count). The van der Waals surface area contributed by atoms with Gasteiger partial charge in [-0.05, 0) is 30.5 Å². The van der Waals surface area contributed by atoms with Crippen LogP contribution in [0, 0.1) is 0 Å². The predicted octanol–water partition coefficient (Wildman–Crippen LogP) is 2.80. The SMILES string of the molecule is Cl.O=C(O)C=Cc1cnccc1-c1cnn(C2CC2)c1. The lowest BCUT2D eigenvalue weighted by Crippen LogP contribution is -1.92. The molecule has 0 unspecified atom stereocenters. The molecule has 0 spiro atoms. The van der Waals surface area contributed by atoms with Gasteiger partial charge in [0.25, 0.3) is 0 Å². The van der Waals surface area contributed by atoms with Crippen LogP contribution in [0.25, 0.3) is 17.2 Å². The maximum Gasteiger partial charge on any atom is 0.328 e. The third kappa shape index (κ3) is 3.05. The maximum atomic E-state index is 10.6. The van der Waals surface area contributed by atoms with Gasteiger partial charge in [-0.2, -0.15) is 5.10 Å². The Bertz CT molecular complexity index is 647. The van der Waals surface area contributed by atoms with Crippen molar-refractivity contribution in [3.63, 3.8) is 0 Å². The first-order chi connectivity index (χ1) is 9.24. The highest BCUT2D eigenvalue weighted by Crippen LogP contribution is 2.35. The Hall–Kier alpha value is -2.14. The van der Waals surface area contributed by atoms with Gasteiger partial charge in [0.05, 0.1) is 12.2 Å². The number of carboxylic acids is 1. The van der Waals surface area contributed by atoms with Gasteiger partial charge in [-0.1, -0.05) is 0 Å². The Kier molecular flexibility index (Phi) is 4.20. The third-order valence-electron chi connectivity index (χ3n) is 3.09. The third-order valence-corrected chi connectivity index (χ3v) is 3.09. The molecule has 0 aromatic carbocycles. The monoisotopic (exact) mass is 291 g/mol. The average molecular weight is 292 g/mol. The van der Waals surface area contributed by atoms with E-state index in [4.69, 9.17) is 5.11 Å². The molecule has 6 heteroatoms. The van der Waals surface area contributed by atoms with Gasteiger partial charge in [-0.15, -0.1) is 12.4 Å².